The fourth-order valence-electron chi connectivity index (χ4n) is 3.41. The fourth-order valence-corrected chi connectivity index (χ4v) is 3.41. The second-order valence-electron chi connectivity index (χ2n) is 7.47. The molecule has 0 spiro atoms. The van der Waals surface area contributed by atoms with Crippen LogP contribution in [0.5, 0.6) is 0 Å². The highest BCUT2D eigenvalue weighted by Crippen LogP contribution is 2.24. The molecule has 2 aromatic heterocycles. The highest BCUT2D eigenvalue weighted by Gasteiger charge is 2.22. The van der Waals surface area contributed by atoms with Gasteiger partial charge in [-0.3, -0.25) is 24.4 Å². The van der Waals surface area contributed by atoms with E-state index in [-0.39, 0.29) is 42.9 Å². The minimum Gasteiger partial charge on any atom is -0.354 e. The predicted molar refractivity (Wildman–Crippen MR) is 122 cm³/mol. The first-order valence-corrected chi connectivity index (χ1v) is 10.7. The van der Waals surface area contributed by atoms with Gasteiger partial charge in [-0.2, -0.15) is 10.1 Å². The van der Waals surface area contributed by atoms with Crippen LogP contribution in [0.2, 0.25) is 0 Å². The molecule has 12 nitrogen and oxygen atoms in total. The largest absolute Gasteiger partial charge is 0.354 e. The van der Waals surface area contributed by atoms with Crippen LogP contribution in [0.25, 0.3) is 0 Å². The minimum atomic E-state index is -0.605. The van der Waals surface area contributed by atoms with Crippen molar-refractivity contribution in [1.82, 2.24) is 30.6 Å². The molecular weight excluding hydrogens is 454 g/mol. The van der Waals surface area contributed by atoms with Gasteiger partial charge in [-0.05, 0) is 11.1 Å². The lowest BCUT2D eigenvalue weighted by atomic mass is 9.90. The summed E-state index contributed by atoms with van der Waals surface area (Å²) in [5.74, 6) is -1.41. The molecular formula is C23H21N7O5. The molecule has 12 heteroatoms. The summed E-state index contributed by atoms with van der Waals surface area (Å²) < 4.78 is 6.21. The topological polar surface area (TPSA) is 158 Å². The quantitative estimate of drug-likeness (QED) is 0.200. The summed E-state index contributed by atoms with van der Waals surface area (Å²) in [4.78, 5) is 39.4. The molecule has 0 saturated heterocycles. The molecule has 0 unspecified atom stereocenters. The maximum absolute atomic E-state index is 13.0. The highest BCUT2D eigenvalue weighted by atomic mass is 16.6. The van der Waals surface area contributed by atoms with Crippen LogP contribution < -0.4 is 10.6 Å². The van der Waals surface area contributed by atoms with E-state index >= 15 is 0 Å². The zero-order chi connectivity index (χ0) is 24.6. The van der Waals surface area contributed by atoms with Crippen molar-refractivity contribution in [2.45, 2.75) is 12.5 Å². The average molecular weight is 475 g/mol. The van der Waals surface area contributed by atoms with Crippen LogP contribution in [-0.4, -0.2) is 49.7 Å². The lowest BCUT2D eigenvalue weighted by Gasteiger charge is -2.18. The highest BCUT2D eigenvalue weighted by molar-refractivity contribution is 5.89. The fraction of sp³-hybridized carbons (Fsp3) is 0.174. The smallest absolute Gasteiger partial charge is 0.316 e. The van der Waals surface area contributed by atoms with E-state index in [0.717, 1.165) is 17.3 Å². The van der Waals surface area contributed by atoms with Crippen LogP contribution in [0.4, 0.5) is 5.69 Å². The van der Waals surface area contributed by atoms with E-state index in [1.807, 2.05) is 60.7 Å². The van der Waals surface area contributed by atoms with Crippen molar-refractivity contribution in [3.63, 3.8) is 0 Å². The standard InChI is InChI=1S/C23H21N7O5/c31-21(20(16-7-3-1-4-8-16)17-9-5-2-6-10-17)24-11-12-25-22(32)23-27-19(28-35-23)15-29-14-18(13-26-29)30(33)34/h1-10,13-14,20H,11-12,15H2,(H,24,31)(H,25,32). The van der Waals surface area contributed by atoms with Gasteiger partial charge in [0.1, 0.15) is 18.9 Å². The van der Waals surface area contributed by atoms with Crippen molar-refractivity contribution < 1.29 is 19.0 Å². The van der Waals surface area contributed by atoms with E-state index in [1.165, 1.54) is 10.9 Å². The third-order valence-electron chi connectivity index (χ3n) is 5.03. The number of carbonyl (C=O) groups is 2. The third kappa shape index (κ3) is 5.93. The Bertz CT molecular complexity index is 1260. The molecule has 178 valence electrons. The molecule has 0 aliphatic carbocycles. The van der Waals surface area contributed by atoms with Crippen LogP contribution in [0.3, 0.4) is 0 Å². The van der Waals surface area contributed by atoms with Crippen LogP contribution in [0.1, 0.15) is 33.6 Å². The zero-order valence-electron chi connectivity index (χ0n) is 18.4. The Hall–Kier alpha value is -4.87. The van der Waals surface area contributed by atoms with Crippen molar-refractivity contribution in [3.05, 3.63) is 106 Å². The molecule has 0 aliphatic rings. The van der Waals surface area contributed by atoms with Gasteiger partial charge < -0.3 is 15.2 Å². The van der Waals surface area contributed by atoms with Crippen molar-refractivity contribution in [3.8, 4) is 0 Å². The van der Waals surface area contributed by atoms with Gasteiger partial charge in [0.05, 0.1) is 10.8 Å². The van der Waals surface area contributed by atoms with E-state index in [9.17, 15) is 19.7 Å². The molecule has 0 bridgehead atoms. The summed E-state index contributed by atoms with van der Waals surface area (Å²) in [6.45, 7) is 0.337. The number of nitrogens with one attached hydrogen (secondary N) is 2. The monoisotopic (exact) mass is 475 g/mol. The number of benzene rings is 2. The third-order valence-corrected chi connectivity index (χ3v) is 5.03. The van der Waals surface area contributed by atoms with E-state index in [1.54, 1.807) is 0 Å². The van der Waals surface area contributed by atoms with Gasteiger partial charge in [0.15, 0.2) is 5.82 Å². The van der Waals surface area contributed by atoms with Gasteiger partial charge in [0.2, 0.25) is 5.91 Å². The van der Waals surface area contributed by atoms with Gasteiger partial charge in [0.25, 0.3) is 0 Å². The van der Waals surface area contributed by atoms with Gasteiger partial charge in [0, 0.05) is 13.1 Å². The van der Waals surface area contributed by atoms with E-state index in [2.05, 4.69) is 25.9 Å². The summed E-state index contributed by atoms with van der Waals surface area (Å²) in [6, 6.07) is 18.9. The number of hydrogen-bond acceptors (Lipinski definition) is 8. The molecule has 4 rings (SSSR count). The number of hydrogen-bond donors (Lipinski definition) is 2. The number of rotatable bonds is 10. The molecule has 35 heavy (non-hydrogen) atoms. The van der Waals surface area contributed by atoms with E-state index in [4.69, 9.17) is 4.52 Å². The Morgan fingerprint density at radius 3 is 2.23 bits per heavy atom. The summed E-state index contributed by atoms with van der Waals surface area (Å²) in [7, 11) is 0. The Morgan fingerprint density at radius 2 is 1.63 bits per heavy atom. The molecule has 2 amide bonds. The average Bonchev–Trinajstić information content (AvgIpc) is 3.54. The van der Waals surface area contributed by atoms with Crippen molar-refractivity contribution in [1.29, 1.82) is 0 Å². The van der Waals surface area contributed by atoms with E-state index in [0.29, 0.717) is 0 Å². The van der Waals surface area contributed by atoms with Gasteiger partial charge in [-0.25, -0.2) is 0 Å². The van der Waals surface area contributed by atoms with Crippen molar-refractivity contribution in [2.24, 2.45) is 0 Å². The maximum Gasteiger partial charge on any atom is 0.316 e. The second-order valence-corrected chi connectivity index (χ2v) is 7.47. The predicted octanol–water partition coefficient (Wildman–Crippen LogP) is 1.90. The van der Waals surface area contributed by atoms with Crippen LogP contribution in [0.15, 0.2) is 77.6 Å². The first kappa shape index (κ1) is 23.3. The molecule has 0 aliphatic heterocycles. The lowest BCUT2D eigenvalue weighted by Crippen LogP contribution is -2.37. The van der Waals surface area contributed by atoms with Crippen LogP contribution >= 0.6 is 0 Å². The molecule has 2 heterocycles. The summed E-state index contributed by atoms with van der Waals surface area (Å²) >= 11 is 0. The molecule has 2 aromatic carbocycles. The number of aromatic nitrogens is 4. The molecule has 4 aromatic rings. The minimum absolute atomic E-state index is 0.00103. The van der Waals surface area contributed by atoms with Crippen molar-refractivity contribution >= 4 is 17.5 Å². The number of amides is 2. The van der Waals surface area contributed by atoms with Gasteiger partial charge in [-0.1, -0.05) is 65.8 Å². The first-order chi connectivity index (χ1) is 17.0. The van der Waals surface area contributed by atoms with Crippen molar-refractivity contribution in [2.75, 3.05) is 13.1 Å². The normalized spacial score (nSPS) is 10.8. The molecule has 2 N–H and O–H groups in total. The molecule has 0 radical (unpaired) electrons. The summed E-state index contributed by atoms with van der Waals surface area (Å²) in [5.41, 5.74) is 1.55. The maximum atomic E-state index is 13.0. The Kier molecular flexibility index (Phi) is 7.21. The summed E-state index contributed by atoms with van der Waals surface area (Å²) in [6.07, 6.45) is 2.32. The SMILES string of the molecule is O=C(NCCNC(=O)C(c1ccccc1)c1ccccc1)c1nc(Cn2cc([N+](=O)[O-])cn2)no1. The first-order valence-electron chi connectivity index (χ1n) is 10.7. The van der Waals surface area contributed by atoms with Crippen LogP contribution in [0, 0.1) is 10.1 Å². The molecule has 0 saturated carbocycles. The van der Waals surface area contributed by atoms with Gasteiger partial charge >= 0.3 is 17.5 Å². The molecule has 0 fully saturated rings. The Balaban J connectivity index is 1.29. The Morgan fingerprint density at radius 1 is 1.00 bits per heavy atom. The van der Waals surface area contributed by atoms with Crippen LogP contribution in [-0.2, 0) is 11.3 Å². The summed E-state index contributed by atoms with van der Waals surface area (Å²) in [5, 5.41) is 23.7. The number of carbonyl (C=O) groups excluding carboxylic acids is 2. The second kappa shape index (κ2) is 10.8. The van der Waals surface area contributed by atoms with Gasteiger partial charge in [-0.15, -0.1) is 0 Å². The molecule has 0 atom stereocenters. The Labute approximate surface area is 199 Å². The lowest BCUT2D eigenvalue weighted by molar-refractivity contribution is -0.385. The number of nitro groups is 1. The zero-order valence-corrected chi connectivity index (χ0v) is 18.4. The number of nitrogens with zero attached hydrogens (tertiary/aromatic N) is 5. The van der Waals surface area contributed by atoms with E-state index < -0.39 is 16.7 Å².